The molecule has 1 N–H and O–H groups in total. The highest BCUT2D eigenvalue weighted by Gasteiger charge is 2.33. The van der Waals surface area contributed by atoms with Crippen LogP contribution in [0.1, 0.15) is 10.4 Å². The average molecular weight is 360 g/mol. The molecule has 0 atom stereocenters. The Hall–Kier alpha value is -1.96. The van der Waals surface area contributed by atoms with E-state index < -0.39 is 0 Å². The van der Waals surface area contributed by atoms with Gasteiger partial charge in [-0.1, -0.05) is 48.2 Å². The highest BCUT2D eigenvalue weighted by molar-refractivity contribution is 8.26. The van der Waals surface area contributed by atoms with Crippen molar-refractivity contribution in [2.45, 2.75) is 6.42 Å². The second kappa shape index (κ2) is 7.08. The number of thioether (sulfide) groups is 1. The van der Waals surface area contributed by atoms with Gasteiger partial charge in [-0.15, -0.1) is 11.3 Å². The zero-order valence-corrected chi connectivity index (χ0v) is 14.3. The van der Waals surface area contributed by atoms with Crippen molar-refractivity contribution in [3.63, 3.8) is 0 Å². The van der Waals surface area contributed by atoms with Crippen molar-refractivity contribution in [3.8, 4) is 0 Å². The van der Waals surface area contributed by atoms with Crippen molar-refractivity contribution in [3.05, 3.63) is 63.2 Å². The van der Waals surface area contributed by atoms with Gasteiger partial charge in [0.2, 0.25) is 5.91 Å². The van der Waals surface area contributed by atoms with Gasteiger partial charge in [-0.05, 0) is 35.3 Å². The first-order valence-electron chi connectivity index (χ1n) is 6.78. The van der Waals surface area contributed by atoms with E-state index in [1.54, 1.807) is 6.08 Å². The van der Waals surface area contributed by atoms with Gasteiger partial charge in [-0.3, -0.25) is 15.0 Å². The molecule has 1 aliphatic heterocycles. The molecule has 1 fully saturated rings. The van der Waals surface area contributed by atoms with Crippen LogP contribution in [0.4, 0.5) is 0 Å². The lowest BCUT2D eigenvalue weighted by molar-refractivity contribution is -0.132. The van der Waals surface area contributed by atoms with Crippen LogP contribution in [0.5, 0.6) is 0 Å². The van der Waals surface area contributed by atoms with Crippen LogP contribution in [-0.4, -0.2) is 21.1 Å². The Kier molecular flexibility index (Phi) is 4.90. The third-order valence-electron chi connectivity index (χ3n) is 3.05. The van der Waals surface area contributed by atoms with Gasteiger partial charge in [0, 0.05) is 4.88 Å². The molecule has 1 aliphatic rings. The van der Waals surface area contributed by atoms with Crippen molar-refractivity contribution >= 4 is 57.5 Å². The number of benzene rings is 1. The molecule has 2 heterocycles. The van der Waals surface area contributed by atoms with E-state index in [0.29, 0.717) is 9.23 Å². The first kappa shape index (κ1) is 15.9. The summed E-state index contributed by atoms with van der Waals surface area (Å²) >= 11 is 7.92. The molecule has 1 aromatic heterocycles. The normalized spacial score (nSPS) is 16.2. The van der Waals surface area contributed by atoms with E-state index in [1.807, 2.05) is 47.8 Å². The van der Waals surface area contributed by atoms with E-state index in [2.05, 4.69) is 5.43 Å². The lowest BCUT2D eigenvalue weighted by atomic mass is 10.1. The average Bonchev–Trinajstić information content (AvgIpc) is 3.13. The molecule has 2 aromatic rings. The maximum Gasteiger partial charge on any atom is 0.285 e. The molecule has 23 heavy (non-hydrogen) atoms. The van der Waals surface area contributed by atoms with Gasteiger partial charge < -0.3 is 0 Å². The Balaban J connectivity index is 1.67. The summed E-state index contributed by atoms with van der Waals surface area (Å²) in [6.07, 6.45) is 1.98. The Morgan fingerprint density at radius 1 is 1.22 bits per heavy atom. The number of hydrogen-bond donors (Lipinski definition) is 1. The molecule has 0 saturated carbocycles. The number of thiocarbonyl (C=S) groups is 1. The summed E-state index contributed by atoms with van der Waals surface area (Å²) < 4.78 is 0.333. The van der Waals surface area contributed by atoms with E-state index in [0.717, 1.165) is 15.4 Å². The molecule has 3 rings (SSSR count). The quantitative estimate of drug-likeness (QED) is 0.672. The minimum absolute atomic E-state index is 0.196. The lowest BCUT2D eigenvalue weighted by Crippen LogP contribution is -2.45. The van der Waals surface area contributed by atoms with E-state index in [-0.39, 0.29) is 18.2 Å². The van der Waals surface area contributed by atoms with Crippen LogP contribution in [0, 0.1) is 0 Å². The van der Waals surface area contributed by atoms with Gasteiger partial charge in [0.05, 0.1) is 11.3 Å². The largest absolute Gasteiger partial charge is 0.285 e. The molecule has 1 aromatic carbocycles. The number of carbonyl (C=O) groups is 2. The minimum Gasteiger partial charge on any atom is -0.273 e. The van der Waals surface area contributed by atoms with Crippen molar-refractivity contribution in [1.29, 1.82) is 0 Å². The summed E-state index contributed by atoms with van der Waals surface area (Å²) in [6.45, 7) is 0. The van der Waals surface area contributed by atoms with Gasteiger partial charge in [-0.25, -0.2) is 0 Å². The molecule has 1 saturated heterocycles. The number of amides is 2. The van der Waals surface area contributed by atoms with Gasteiger partial charge in [-0.2, -0.15) is 5.01 Å². The topological polar surface area (TPSA) is 49.4 Å². The Morgan fingerprint density at radius 3 is 2.70 bits per heavy atom. The number of nitrogens with one attached hydrogen (secondary N) is 1. The van der Waals surface area contributed by atoms with Crippen LogP contribution in [0.2, 0.25) is 0 Å². The molecule has 2 amide bonds. The smallest absolute Gasteiger partial charge is 0.273 e. The molecular weight excluding hydrogens is 348 g/mol. The highest BCUT2D eigenvalue weighted by atomic mass is 32.2. The van der Waals surface area contributed by atoms with Crippen LogP contribution in [-0.2, 0) is 16.0 Å². The monoisotopic (exact) mass is 360 g/mol. The van der Waals surface area contributed by atoms with Crippen molar-refractivity contribution in [2.75, 3.05) is 0 Å². The molecule has 0 radical (unpaired) electrons. The fourth-order valence-corrected chi connectivity index (χ4v) is 3.91. The Labute approximate surface area is 147 Å². The molecule has 0 spiro atoms. The van der Waals surface area contributed by atoms with Crippen molar-refractivity contribution in [1.82, 2.24) is 10.4 Å². The third-order valence-corrected chi connectivity index (χ3v) is 5.18. The number of hydrogen-bond acceptors (Lipinski definition) is 5. The number of thiophene rings is 1. The van der Waals surface area contributed by atoms with Crippen molar-refractivity contribution in [2.24, 2.45) is 0 Å². The van der Waals surface area contributed by atoms with Crippen molar-refractivity contribution < 1.29 is 9.59 Å². The summed E-state index contributed by atoms with van der Waals surface area (Å²) in [5, 5.41) is 3.08. The van der Waals surface area contributed by atoms with Crippen LogP contribution < -0.4 is 5.43 Å². The maximum atomic E-state index is 12.4. The Bertz CT molecular complexity index is 770. The lowest BCUT2D eigenvalue weighted by Gasteiger charge is -2.15. The molecule has 116 valence electrons. The van der Waals surface area contributed by atoms with E-state index in [4.69, 9.17) is 12.2 Å². The molecule has 7 heteroatoms. The number of rotatable bonds is 4. The van der Waals surface area contributed by atoms with Crippen LogP contribution in [0.15, 0.2) is 52.7 Å². The highest BCUT2D eigenvalue weighted by Crippen LogP contribution is 2.32. The second-order valence-corrected chi connectivity index (χ2v) is 7.38. The standard InChI is InChI=1S/C16H12N2O2S3/c19-14(9-11-5-2-1-3-6-11)17-18-15(20)13(23-16(18)21)10-12-7-4-8-22-12/h1-8,10H,9H2,(H,17,19)/b13-10+. The number of carbonyl (C=O) groups excluding carboxylic acids is 2. The molecular formula is C16H12N2O2S3. The number of nitrogens with zero attached hydrogens (tertiary/aromatic N) is 1. The summed E-state index contributed by atoms with van der Waals surface area (Å²) in [5.41, 5.74) is 3.46. The van der Waals surface area contributed by atoms with Gasteiger partial charge in [0.25, 0.3) is 5.91 Å². The third kappa shape index (κ3) is 3.87. The van der Waals surface area contributed by atoms with E-state index in [1.165, 1.54) is 23.1 Å². The van der Waals surface area contributed by atoms with Crippen LogP contribution in [0.3, 0.4) is 0 Å². The van der Waals surface area contributed by atoms with E-state index >= 15 is 0 Å². The first-order valence-corrected chi connectivity index (χ1v) is 8.89. The minimum atomic E-state index is -0.296. The summed E-state index contributed by atoms with van der Waals surface area (Å²) in [7, 11) is 0. The molecule has 4 nitrogen and oxygen atoms in total. The zero-order valence-electron chi connectivity index (χ0n) is 11.9. The molecule has 0 bridgehead atoms. The Morgan fingerprint density at radius 2 is 2.00 bits per heavy atom. The summed E-state index contributed by atoms with van der Waals surface area (Å²) in [6, 6.07) is 13.2. The fraction of sp³-hybridized carbons (Fsp3) is 0.0625. The second-order valence-electron chi connectivity index (χ2n) is 4.73. The molecule has 0 unspecified atom stereocenters. The predicted octanol–water partition coefficient (Wildman–Crippen LogP) is 3.22. The van der Waals surface area contributed by atoms with Gasteiger partial charge >= 0.3 is 0 Å². The van der Waals surface area contributed by atoms with Crippen LogP contribution >= 0.6 is 35.3 Å². The fourth-order valence-electron chi connectivity index (χ4n) is 2.01. The predicted molar refractivity (Wildman–Crippen MR) is 97.6 cm³/mol. The maximum absolute atomic E-state index is 12.4. The van der Waals surface area contributed by atoms with Gasteiger partial charge in [0.15, 0.2) is 4.32 Å². The van der Waals surface area contributed by atoms with E-state index in [9.17, 15) is 9.59 Å². The summed E-state index contributed by atoms with van der Waals surface area (Å²) in [5.74, 6) is -0.570. The SMILES string of the molecule is O=C(Cc1ccccc1)NN1C(=O)/C(=C\c2cccs2)SC1=S. The summed E-state index contributed by atoms with van der Waals surface area (Å²) in [4.78, 5) is 25.9. The number of hydrazine groups is 1. The van der Waals surface area contributed by atoms with Gasteiger partial charge in [0.1, 0.15) is 0 Å². The molecule has 0 aliphatic carbocycles. The first-order chi connectivity index (χ1) is 11.1. The van der Waals surface area contributed by atoms with Crippen LogP contribution in [0.25, 0.3) is 6.08 Å². The zero-order chi connectivity index (χ0) is 16.2.